The van der Waals surface area contributed by atoms with Crippen LogP contribution in [0, 0.1) is 19.7 Å². The van der Waals surface area contributed by atoms with Crippen LogP contribution in [-0.4, -0.2) is 51.3 Å². The highest BCUT2D eigenvalue weighted by Crippen LogP contribution is 2.32. The highest BCUT2D eigenvalue weighted by Gasteiger charge is 2.35. The van der Waals surface area contributed by atoms with Crippen LogP contribution in [0.25, 0.3) is 11.4 Å². The molecule has 1 aliphatic heterocycles. The molecule has 2 heterocycles. The normalized spacial score (nSPS) is 15.5. The second-order valence-electron chi connectivity index (χ2n) is 9.97. The third-order valence-electron chi connectivity index (χ3n) is 7.16. The Morgan fingerprint density at radius 2 is 1.88 bits per heavy atom. The summed E-state index contributed by atoms with van der Waals surface area (Å²) < 4.78 is 19.6. The maximum atomic E-state index is 14.1. The molecule has 11 heteroatoms. The number of carbonyl (C=O) groups is 2. The van der Waals surface area contributed by atoms with Crippen molar-refractivity contribution in [1.29, 1.82) is 0 Å². The number of aryl methyl sites for hydroxylation is 1. The van der Waals surface area contributed by atoms with E-state index in [9.17, 15) is 14.0 Å². The van der Waals surface area contributed by atoms with Crippen molar-refractivity contribution < 1.29 is 18.7 Å². The summed E-state index contributed by atoms with van der Waals surface area (Å²) in [7, 11) is 0. The summed E-state index contributed by atoms with van der Waals surface area (Å²) in [6.45, 7) is 4.50. The SMILES string of the molecule is Cc1cccc(N(C(=O)Cn2nnc(-c3ccc(Cl)cc3)n2)[C@H](C(=O)NC[C@@H]2CCCO2)c2ccc(F)cc2)c1C. The minimum atomic E-state index is -1.09. The Morgan fingerprint density at radius 3 is 2.59 bits per heavy atom. The number of rotatable bonds is 9. The highest BCUT2D eigenvalue weighted by atomic mass is 35.5. The van der Waals surface area contributed by atoms with Crippen molar-refractivity contribution in [1.82, 2.24) is 25.5 Å². The topological polar surface area (TPSA) is 102 Å². The summed E-state index contributed by atoms with van der Waals surface area (Å²) in [5, 5.41) is 16.1. The van der Waals surface area contributed by atoms with E-state index in [-0.39, 0.29) is 12.6 Å². The first-order valence-corrected chi connectivity index (χ1v) is 13.7. The maximum Gasteiger partial charge on any atom is 0.251 e. The minimum Gasteiger partial charge on any atom is -0.376 e. The Morgan fingerprint density at radius 1 is 1.12 bits per heavy atom. The number of hydrogen-bond acceptors (Lipinski definition) is 6. The van der Waals surface area contributed by atoms with Gasteiger partial charge in [0, 0.05) is 29.4 Å². The summed E-state index contributed by atoms with van der Waals surface area (Å²) >= 11 is 5.99. The standard InChI is InChI=1S/C30H30ClFN6O3/c1-19-5-3-7-26(20(19)2)38(27(39)18-37-35-29(34-36-37)22-8-12-23(31)13-9-22)28(21-10-14-24(32)15-11-21)30(40)33-17-25-6-4-16-41-25/h3,5,7-15,25,28H,4,6,16-18H2,1-2H3,(H,33,40)/t25-,28-/m0/s1. The number of halogens is 2. The number of amides is 2. The molecule has 41 heavy (non-hydrogen) atoms. The molecule has 0 saturated carbocycles. The lowest BCUT2D eigenvalue weighted by atomic mass is 10.00. The fraction of sp³-hybridized carbons (Fsp3) is 0.300. The fourth-order valence-corrected chi connectivity index (χ4v) is 4.94. The number of benzene rings is 3. The van der Waals surface area contributed by atoms with E-state index in [1.54, 1.807) is 30.3 Å². The van der Waals surface area contributed by atoms with Crippen molar-refractivity contribution >= 4 is 29.1 Å². The lowest BCUT2D eigenvalue weighted by Gasteiger charge is -2.33. The van der Waals surface area contributed by atoms with Crippen LogP contribution in [0.15, 0.2) is 66.7 Å². The third-order valence-corrected chi connectivity index (χ3v) is 7.41. The van der Waals surface area contributed by atoms with E-state index in [4.69, 9.17) is 16.3 Å². The monoisotopic (exact) mass is 576 g/mol. The van der Waals surface area contributed by atoms with E-state index in [1.165, 1.54) is 34.0 Å². The number of aromatic nitrogens is 4. The zero-order valence-electron chi connectivity index (χ0n) is 22.8. The smallest absolute Gasteiger partial charge is 0.251 e. The molecule has 2 amide bonds. The Hall–Kier alpha value is -4.15. The van der Waals surface area contributed by atoms with Crippen molar-refractivity contribution in [3.05, 3.63) is 94.3 Å². The van der Waals surface area contributed by atoms with Crippen LogP contribution in [-0.2, 0) is 20.9 Å². The van der Waals surface area contributed by atoms with Crippen LogP contribution < -0.4 is 10.2 Å². The van der Waals surface area contributed by atoms with E-state index in [2.05, 4.69) is 20.7 Å². The first-order valence-electron chi connectivity index (χ1n) is 13.4. The predicted molar refractivity (Wildman–Crippen MR) is 153 cm³/mol. The fourth-order valence-electron chi connectivity index (χ4n) is 4.82. The molecule has 0 unspecified atom stereocenters. The van der Waals surface area contributed by atoms with Crippen molar-refractivity contribution in [2.24, 2.45) is 0 Å². The van der Waals surface area contributed by atoms with Gasteiger partial charge >= 0.3 is 0 Å². The molecular weight excluding hydrogens is 547 g/mol. The number of tetrazole rings is 1. The van der Waals surface area contributed by atoms with E-state index in [1.807, 2.05) is 26.0 Å². The highest BCUT2D eigenvalue weighted by molar-refractivity contribution is 6.30. The number of nitrogens with one attached hydrogen (secondary N) is 1. The van der Waals surface area contributed by atoms with Crippen LogP contribution in [0.1, 0.15) is 35.6 Å². The summed E-state index contributed by atoms with van der Waals surface area (Å²) in [6.07, 6.45) is 1.68. The molecule has 0 bridgehead atoms. The van der Waals surface area contributed by atoms with Gasteiger partial charge in [-0.1, -0.05) is 35.9 Å². The Bertz CT molecular complexity index is 1520. The molecule has 1 aliphatic rings. The van der Waals surface area contributed by atoms with Gasteiger partial charge < -0.3 is 10.1 Å². The summed E-state index contributed by atoms with van der Waals surface area (Å²) in [5.41, 5.74) is 3.47. The van der Waals surface area contributed by atoms with E-state index in [0.29, 0.717) is 40.8 Å². The van der Waals surface area contributed by atoms with Crippen LogP contribution in [0.4, 0.5) is 10.1 Å². The molecule has 0 aliphatic carbocycles. The maximum absolute atomic E-state index is 14.1. The van der Waals surface area contributed by atoms with Crippen molar-refractivity contribution in [3.63, 3.8) is 0 Å². The number of anilines is 1. The first kappa shape index (κ1) is 28.4. The molecule has 0 radical (unpaired) electrons. The van der Waals surface area contributed by atoms with E-state index >= 15 is 0 Å². The zero-order valence-corrected chi connectivity index (χ0v) is 23.5. The van der Waals surface area contributed by atoms with Gasteiger partial charge in [0.1, 0.15) is 18.4 Å². The Balaban J connectivity index is 1.51. The molecule has 212 valence electrons. The zero-order chi connectivity index (χ0) is 28.9. The van der Waals surface area contributed by atoms with E-state index < -0.39 is 23.7 Å². The van der Waals surface area contributed by atoms with Crippen molar-refractivity contribution in [2.75, 3.05) is 18.1 Å². The van der Waals surface area contributed by atoms with Gasteiger partial charge in [0.25, 0.3) is 5.91 Å². The molecule has 0 spiro atoms. The molecule has 9 nitrogen and oxygen atoms in total. The average Bonchev–Trinajstić information content (AvgIpc) is 3.66. The van der Waals surface area contributed by atoms with Gasteiger partial charge in [-0.05, 0) is 91.1 Å². The molecule has 5 rings (SSSR count). The Kier molecular flexibility index (Phi) is 8.70. The number of carbonyl (C=O) groups excluding carboxylic acids is 2. The molecule has 4 aromatic rings. The largest absolute Gasteiger partial charge is 0.376 e. The Labute approximate surface area is 242 Å². The minimum absolute atomic E-state index is 0.0942. The summed E-state index contributed by atoms with van der Waals surface area (Å²) in [6, 6.07) is 17.0. The molecule has 1 aromatic heterocycles. The second-order valence-corrected chi connectivity index (χ2v) is 10.4. The number of hydrogen-bond donors (Lipinski definition) is 1. The lowest BCUT2D eigenvalue weighted by Crippen LogP contribution is -2.47. The molecule has 1 saturated heterocycles. The molecule has 2 atom stereocenters. The summed E-state index contributed by atoms with van der Waals surface area (Å²) in [4.78, 5) is 30.6. The van der Waals surface area contributed by atoms with Gasteiger partial charge in [-0.15, -0.1) is 10.2 Å². The number of nitrogens with zero attached hydrogens (tertiary/aromatic N) is 5. The van der Waals surface area contributed by atoms with Gasteiger partial charge in [0.2, 0.25) is 11.7 Å². The van der Waals surface area contributed by atoms with Crippen molar-refractivity contribution in [3.8, 4) is 11.4 Å². The molecule has 3 aromatic carbocycles. The number of ether oxygens (including phenoxy) is 1. The molecule has 1 N–H and O–H groups in total. The van der Waals surface area contributed by atoms with Gasteiger partial charge in [0.05, 0.1) is 6.10 Å². The summed E-state index contributed by atoms with van der Waals surface area (Å²) in [5.74, 6) is -0.967. The third kappa shape index (κ3) is 6.61. The first-order chi connectivity index (χ1) is 19.8. The molecular formula is C30H30ClFN6O3. The van der Waals surface area contributed by atoms with Gasteiger partial charge in [0.15, 0.2) is 0 Å². The van der Waals surface area contributed by atoms with Gasteiger partial charge in [-0.3, -0.25) is 14.5 Å². The predicted octanol–water partition coefficient (Wildman–Crippen LogP) is 4.82. The van der Waals surface area contributed by atoms with Crippen molar-refractivity contribution in [2.45, 2.75) is 45.4 Å². The van der Waals surface area contributed by atoms with Crippen LogP contribution >= 0.6 is 11.6 Å². The van der Waals surface area contributed by atoms with E-state index in [0.717, 1.165) is 24.0 Å². The lowest BCUT2D eigenvalue weighted by molar-refractivity contribution is -0.127. The van der Waals surface area contributed by atoms with Crippen LogP contribution in [0.2, 0.25) is 5.02 Å². The van der Waals surface area contributed by atoms with Crippen LogP contribution in [0.3, 0.4) is 0 Å². The quantitative estimate of drug-likeness (QED) is 0.306. The molecule has 1 fully saturated rings. The average molecular weight is 577 g/mol. The van der Waals surface area contributed by atoms with Crippen LogP contribution in [0.5, 0.6) is 0 Å². The second kappa shape index (κ2) is 12.6. The van der Waals surface area contributed by atoms with Gasteiger partial charge in [-0.25, -0.2) is 4.39 Å². The van der Waals surface area contributed by atoms with Gasteiger partial charge in [-0.2, -0.15) is 4.80 Å².